The van der Waals surface area contributed by atoms with E-state index in [-0.39, 0.29) is 5.91 Å². The largest absolute Gasteiger partial charge is 0.382 e. The van der Waals surface area contributed by atoms with Crippen molar-refractivity contribution in [3.05, 3.63) is 24.0 Å². The quantitative estimate of drug-likeness (QED) is 0.822. The van der Waals surface area contributed by atoms with Gasteiger partial charge in [0.05, 0.1) is 0 Å². The van der Waals surface area contributed by atoms with E-state index in [9.17, 15) is 4.79 Å². The monoisotopic (exact) mass is 263 g/mol. The van der Waals surface area contributed by atoms with Gasteiger partial charge >= 0.3 is 0 Å². The number of carbonyl (C=O) groups is 1. The van der Waals surface area contributed by atoms with Gasteiger partial charge in [0.15, 0.2) is 0 Å². The van der Waals surface area contributed by atoms with E-state index < -0.39 is 0 Å². The van der Waals surface area contributed by atoms with E-state index in [1.165, 1.54) is 0 Å². The first kappa shape index (κ1) is 15.5. The molecule has 1 heterocycles. The highest BCUT2D eigenvalue weighted by Gasteiger charge is 2.14. The van der Waals surface area contributed by atoms with Gasteiger partial charge in [0.25, 0.3) is 5.91 Å². The van der Waals surface area contributed by atoms with Gasteiger partial charge in [0.1, 0.15) is 5.69 Å². The van der Waals surface area contributed by atoms with Crippen LogP contribution in [0.2, 0.25) is 0 Å². The van der Waals surface area contributed by atoms with Crippen LogP contribution in [0.3, 0.4) is 0 Å². The summed E-state index contributed by atoms with van der Waals surface area (Å²) in [6.45, 7) is 9.69. The van der Waals surface area contributed by atoms with Crippen LogP contribution in [0.4, 0.5) is 5.69 Å². The molecular weight excluding hydrogens is 238 g/mol. The maximum absolute atomic E-state index is 12.2. The van der Waals surface area contributed by atoms with E-state index in [0.717, 1.165) is 18.5 Å². The van der Waals surface area contributed by atoms with Crippen LogP contribution < -0.4 is 5.32 Å². The zero-order valence-electron chi connectivity index (χ0n) is 12.4. The zero-order valence-corrected chi connectivity index (χ0v) is 12.4. The highest BCUT2D eigenvalue weighted by molar-refractivity contribution is 5.93. The average molecular weight is 263 g/mol. The number of aromatic nitrogens is 1. The summed E-state index contributed by atoms with van der Waals surface area (Å²) in [7, 11) is 0. The second-order valence-electron chi connectivity index (χ2n) is 4.56. The van der Waals surface area contributed by atoms with Crippen LogP contribution in [0.25, 0.3) is 0 Å². The molecule has 0 aliphatic carbocycles. The molecule has 0 aliphatic heterocycles. The maximum Gasteiger partial charge on any atom is 0.272 e. The number of pyridine rings is 1. The van der Waals surface area contributed by atoms with Crippen LogP contribution in [0.5, 0.6) is 0 Å². The Labute approximate surface area is 116 Å². The number of nitrogens with one attached hydrogen (secondary N) is 1. The fourth-order valence-corrected chi connectivity index (χ4v) is 2.04. The van der Waals surface area contributed by atoms with Crippen LogP contribution in [0.1, 0.15) is 51.0 Å². The Morgan fingerprint density at radius 2 is 1.89 bits per heavy atom. The third kappa shape index (κ3) is 4.23. The Morgan fingerprint density at radius 3 is 2.42 bits per heavy atom. The summed E-state index contributed by atoms with van der Waals surface area (Å²) in [6, 6.07) is 4.20. The van der Waals surface area contributed by atoms with Gasteiger partial charge in [0, 0.05) is 31.0 Å². The van der Waals surface area contributed by atoms with Gasteiger partial charge < -0.3 is 10.2 Å². The summed E-state index contributed by atoms with van der Waals surface area (Å²) in [6.07, 6.45) is 3.83. The molecular formula is C15H25N3O. The summed E-state index contributed by atoms with van der Waals surface area (Å²) in [4.78, 5) is 18.2. The van der Waals surface area contributed by atoms with Gasteiger partial charge in [-0.15, -0.1) is 0 Å². The molecule has 1 aromatic rings. The standard InChI is InChI=1S/C15H25N3O/c1-5-12(6-2)17-13-9-10-16-14(11-13)15(19)18(7-3)8-4/h9-12H,5-8H2,1-4H3,(H,16,17). The molecule has 0 saturated heterocycles. The Morgan fingerprint density at radius 1 is 1.26 bits per heavy atom. The molecule has 0 saturated carbocycles. The third-order valence-corrected chi connectivity index (χ3v) is 3.39. The van der Waals surface area contributed by atoms with Crippen LogP contribution in [-0.4, -0.2) is 34.9 Å². The van der Waals surface area contributed by atoms with Gasteiger partial charge in [-0.1, -0.05) is 13.8 Å². The lowest BCUT2D eigenvalue weighted by Crippen LogP contribution is -2.31. The van der Waals surface area contributed by atoms with Crippen molar-refractivity contribution in [1.29, 1.82) is 0 Å². The highest BCUT2D eigenvalue weighted by atomic mass is 16.2. The fraction of sp³-hybridized carbons (Fsp3) is 0.600. The number of rotatable bonds is 7. The summed E-state index contributed by atoms with van der Waals surface area (Å²) in [5.74, 6) is -0.00167. The van der Waals surface area contributed by atoms with Crippen molar-refractivity contribution in [1.82, 2.24) is 9.88 Å². The minimum absolute atomic E-state index is 0.00167. The molecule has 1 N–H and O–H groups in total. The molecule has 1 rings (SSSR count). The number of amides is 1. The molecule has 4 heteroatoms. The van der Waals surface area contributed by atoms with Crippen molar-refractivity contribution in [3.63, 3.8) is 0 Å². The van der Waals surface area contributed by atoms with Crippen LogP contribution in [-0.2, 0) is 0 Å². The Balaban J connectivity index is 2.84. The zero-order chi connectivity index (χ0) is 14.3. The smallest absolute Gasteiger partial charge is 0.272 e. The van der Waals surface area contributed by atoms with Crippen molar-refractivity contribution >= 4 is 11.6 Å². The van der Waals surface area contributed by atoms with Crippen LogP contribution >= 0.6 is 0 Å². The van der Waals surface area contributed by atoms with E-state index in [0.29, 0.717) is 24.8 Å². The van der Waals surface area contributed by atoms with E-state index in [1.54, 1.807) is 11.1 Å². The second-order valence-corrected chi connectivity index (χ2v) is 4.56. The first-order chi connectivity index (χ1) is 9.15. The number of carbonyl (C=O) groups excluding carboxylic acids is 1. The molecule has 0 unspecified atom stereocenters. The minimum Gasteiger partial charge on any atom is -0.382 e. The predicted molar refractivity (Wildman–Crippen MR) is 79.5 cm³/mol. The minimum atomic E-state index is -0.00167. The lowest BCUT2D eigenvalue weighted by Gasteiger charge is -2.19. The molecule has 0 atom stereocenters. The van der Waals surface area contributed by atoms with E-state index in [1.807, 2.05) is 26.0 Å². The molecule has 106 valence electrons. The molecule has 0 aliphatic rings. The topological polar surface area (TPSA) is 45.2 Å². The normalized spacial score (nSPS) is 10.6. The van der Waals surface area contributed by atoms with Crippen molar-refractivity contribution in [2.24, 2.45) is 0 Å². The summed E-state index contributed by atoms with van der Waals surface area (Å²) < 4.78 is 0. The molecule has 4 nitrogen and oxygen atoms in total. The third-order valence-electron chi connectivity index (χ3n) is 3.39. The summed E-state index contributed by atoms with van der Waals surface area (Å²) in [5, 5.41) is 3.44. The lowest BCUT2D eigenvalue weighted by molar-refractivity contribution is 0.0767. The maximum atomic E-state index is 12.2. The second kappa shape index (κ2) is 7.77. The van der Waals surface area contributed by atoms with E-state index in [2.05, 4.69) is 24.1 Å². The predicted octanol–water partition coefficient (Wildman–Crippen LogP) is 3.16. The van der Waals surface area contributed by atoms with Crippen molar-refractivity contribution in [2.75, 3.05) is 18.4 Å². The van der Waals surface area contributed by atoms with Crippen molar-refractivity contribution in [2.45, 2.75) is 46.6 Å². The summed E-state index contributed by atoms with van der Waals surface area (Å²) >= 11 is 0. The number of hydrogen-bond donors (Lipinski definition) is 1. The van der Waals surface area contributed by atoms with Gasteiger partial charge in [0.2, 0.25) is 0 Å². The first-order valence-corrected chi connectivity index (χ1v) is 7.17. The average Bonchev–Trinajstić information content (AvgIpc) is 2.46. The molecule has 0 bridgehead atoms. The molecule has 0 spiro atoms. The van der Waals surface area contributed by atoms with Gasteiger partial charge in [-0.05, 0) is 38.8 Å². The number of nitrogens with zero attached hydrogens (tertiary/aromatic N) is 2. The first-order valence-electron chi connectivity index (χ1n) is 7.17. The van der Waals surface area contributed by atoms with Crippen molar-refractivity contribution in [3.8, 4) is 0 Å². The number of hydrogen-bond acceptors (Lipinski definition) is 3. The fourth-order valence-electron chi connectivity index (χ4n) is 2.04. The molecule has 0 radical (unpaired) electrons. The molecule has 0 aromatic carbocycles. The van der Waals surface area contributed by atoms with Crippen LogP contribution in [0, 0.1) is 0 Å². The SMILES string of the molecule is CCC(CC)Nc1ccnc(C(=O)N(CC)CC)c1. The lowest BCUT2D eigenvalue weighted by atomic mass is 10.1. The Kier molecular flexibility index (Phi) is 6.33. The highest BCUT2D eigenvalue weighted by Crippen LogP contribution is 2.13. The number of anilines is 1. The molecule has 1 amide bonds. The van der Waals surface area contributed by atoms with Gasteiger partial charge in [-0.25, -0.2) is 0 Å². The Hall–Kier alpha value is -1.58. The van der Waals surface area contributed by atoms with Crippen LogP contribution in [0.15, 0.2) is 18.3 Å². The van der Waals surface area contributed by atoms with Gasteiger partial charge in [-0.3, -0.25) is 9.78 Å². The molecule has 1 aromatic heterocycles. The van der Waals surface area contributed by atoms with Crippen molar-refractivity contribution < 1.29 is 4.79 Å². The Bertz CT molecular complexity index is 398. The van der Waals surface area contributed by atoms with E-state index >= 15 is 0 Å². The summed E-state index contributed by atoms with van der Waals surface area (Å²) in [5.41, 5.74) is 1.49. The molecule has 19 heavy (non-hydrogen) atoms. The molecule has 0 fully saturated rings. The van der Waals surface area contributed by atoms with E-state index in [4.69, 9.17) is 0 Å². The van der Waals surface area contributed by atoms with Gasteiger partial charge in [-0.2, -0.15) is 0 Å².